The Hall–Kier alpha value is 4.14. The molecule has 0 nitrogen and oxygen atoms in total. The first kappa shape index (κ1) is 47.6. The quantitative estimate of drug-likeness (QED) is 0.182. The number of hydrogen-bond donors (Lipinski definition) is 0. The van der Waals surface area contributed by atoms with E-state index in [9.17, 15) is 0 Å². The van der Waals surface area contributed by atoms with Gasteiger partial charge in [-0.2, -0.15) is 0 Å². The summed E-state index contributed by atoms with van der Waals surface area (Å²) in [5.74, 6) is 0. The molecular weight excluding hydrogens is 1050 g/mol. The molecule has 0 amide bonds. The molecule has 6 heterocycles. The van der Waals surface area contributed by atoms with Gasteiger partial charge in [0.05, 0.1) is 59.3 Å². The molecule has 292 valence electrons. The van der Waals surface area contributed by atoms with Crippen LogP contribution in [0, 0.1) is 0 Å². The van der Waals surface area contributed by atoms with Gasteiger partial charge in [0.1, 0.15) is 0 Å². The summed E-state index contributed by atoms with van der Waals surface area (Å²) in [6.07, 6.45) is 17.7. The van der Waals surface area contributed by atoms with E-state index in [-0.39, 0.29) is 0 Å². The minimum absolute atomic E-state index is 1.41. The molecule has 0 atom stereocenters. The maximum Gasteiger partial charge on any atom is 0.0706 e. The van der Waals surface area contributed by atoms with Crippen molar-refractivity contribution in [3.63, 3.8) is 0 Å². The van der Waals surface area contributed by atoms with Crippen LogP contribution in [0.2, 0.25) is 0 Å². The van der Waals surface area contributed by atoms with Gasteiger partial charge in [0.15, 0.2) is 0 Å². The molecule has 0 aliphatic carbocycles. The molecule has 0 saturated heterocycles. The molecule has 6 aliphatic rings. The maximum atomic E-state index is 2.37. The molecule has 0 fully saturated rings. The first-order chi connectivity index (χ1) is 26.0. The van der Waals surface area contributed by atoms with Crippen molar-refractivity contribution in [2.24, 2.45) is 0 Å². The molecule has 0 radical (unpaired) electrons. The summed E-state index contributed by atoms with van der Waals surface area (Å²) in [7, 11) is 0. The fraction of sp³-hybridized carbons (Fsp3) is 0.353. The van der Waals surface area contributed by atoms with E-state index in [1.807, 2.05) is 235 Å². The van der Waals surface area contributed by atoms with Gasteiger partial charge >= 0.3 is 0 Å². The highest BCUT2D eigenvalue weighted by Gasteiger charge is 2.37. The maximum absolute atomic E-state index is 2.37. The predicted octanol–water partition coefficient (Wildman–Crippen LogP) is 19.8. The van der Waals surface area contributed by atoms with Gasteiger partial charge in [-0.05, 0) is 100 Å². The molecule has 54 heavy (non-hydrogen) atoms. The lowest BCUT2D eigenvalue weighted by Gasteiger charge is -2.11. The molecular formula is C34H36S20. The van der Waals surface area contributed by atoms with Gasteiger partial charge in [-0.25, -0.2) is 0 Å². The summed E-state index contributed by atoms with van der Waals surface area (Å²) in [5.41, 5.74) is 5.65. The average Bonchev–Trinajstić information content (AvgIpc) is 4.06. The average molecular weight is 1090 g/mol. The van der Waals surface area contributed by atoms with E-state index in [4.69, 9.17) is 0 Å². The van der Waals surface area contributed by atoms with Gasteiger partial charge in [0, 0.05) is 19.6 Å². The number of allylic oxidation sites excluding steroid dienone is 4. The number of thioether (sulfide) groups is 20. The second-order valence-electron chi connectivity index (χ2n) is 10.7. The van der Waals surface area contributed by atoms with Crippen molar-refractivity contribution in [3.8, 4) is 0 Å². The molecule has 0 unspecified atom stereocenters. The van der Waals surface area contributed by atoms with Crippen LogP contribution in [-0.2, 0) is 0 Å². The van der Waals surface area contributed by atoms with Crippen molar-refractivity contribution in [3.05, 3.63) is 101 Å². The summed E-state index contributed by atoms with van der Waals surface area (Å²) in [4.78, 5) is 5.71. The molecule has 20 heteroatoms. The Kier molecular flexibility index (Phi) is 19.5. The van der Waals surface area contributed by atoms with Crippen LogP contribution >= 0.6 is 235 Å². The van der Waals surface area contributed by atoms with Crippen LogP contribution in [0.4, 0.5) is 0 Å². The summed E-state index contributed by atoms with van der Waals surface area (Å²) < 4.78 is 20.0. The minimum Gasteiger partial charge on any atom is -0.121 e. The lowest BCUT2D eigenvalue weighted by atomic mass is 10.2. The number of hydrogen-bond acceptors (Lipinski definition) is 20. The summed E-state index contributed by atoms with van der Waals surface area (Å²) in [6, 6.07) is 0. The number of rotatable bonds is 12. The second kappa shape index (κ2) is 22.2. The first-order valence-corrected chi connectivity index (χ1v) is 35.1. The Labute approximate surface area is 408 Å². The van der Waals surface area contributed by atoms with Gasteiger partial charge in [0.2, 0.25) is 0 Å². The van der Waals surface area contributed by atoms with Crippen molar-refractivity contribution < 1.29 is 0 Å². The largest absolute Gasteiger partial charge is 0.121 e. The first-order valence-electron chi connectivity index (χ1n) is 15.5. The second-order valence-corrected chi connectivity index (χ2v) is 33.1. The highest BCUT2D eigenvalue weighted by atomic mass is 32.3. The van der Waals surface area contributed by atoms with E-state index in [0.717, 1.165) is 0 Å². The third-order valence-electron chi connectivity index (χ3n) is 7.58. The zero-order valence-corrected chi connectivity index (χ0v) is 47.5. The van der Waals surface area contributed by atoms with Crippen LogP contribution in [0.25, 0.3) is 0 Å². The highest BCUT2D eigenvalue weighted by molar-refractivity contribution is 8.43. The third-order valence-corrected chi connectivity index (χ3v) is 35.5. The summed E-state index contributed by atoms with van der Waals surface area (Å²) >= 11 is 38.8. The van der Waals surface area contributed by atoms with Crippen LogP contribution in [0.3, 0.4) is 0 Å². The van der Waals surface area contributed by atoms with Gasteiger partial charge in [-0.15, -0.1) is 94.1 Å². The molecule has 0 N–H and O–H groups in total. The Morgan fingerprint density at radius 3 is 0.537 bits per heavy atom. The van der Waals surface area contributed by atoms with Gasteiger partial charge in [-0.1, -0.05) is 141 Å². The van der Waals surface area contributed by atoms with Gasteiger partial charge in [0.25, 0.3) is 0 Å². The van der Waals surface area contributed by atoms with Crippen LogP contribution in [0.1, 0.15) is 27.7 Å². The highest BCUT2D eigenvalue weighted by Crippen LogP contribution is 2.69. The molecule has 0 aromatic rings. The predicted molar refractivity (Wildman–Crippen MR) is 299 cm³/mol. The normalized spacial score (nSPS) is 21.1. The van der Waals surface area contributed by atoms with Crippen molar-refractivity contribution in [2.45, 2.75) is 27.7 Å². The molecule has 0 aromatic carbocycles. The zero-order valence-electron chi connectivity index (χ0n) is 31.2. The Bertz CT molecular complexity index is 1630. The fourth-order valence-electron chi connectivity index (χ4n) is 4.83. The molecule has 0 spiro atoms. The summed E-state index contributed by atoms with van der Waals surface area (Å²) in [6.45, 7) is 9.48. The fourth-order valence-corrected chi connectivity index (χ4v) is 31.2. The van der Waals surface area contributed by atoms with Gasteiger partial charge < -0.3 is 0 Å². The van der Waals surface area contributed by atoms with Gasteiger partial charge in [-0.3, -0.25) is 0 Å². The van der Waals surface area contributed by atoms with E-state index < -0.39 is 0 Å². The standard InChI is InChI=1S/C34H36S20/c1-13(21-47-25(35-5)26(36-6)48-21)17-18(14(2)22-49-27(37-7)28(38-8)50-22)44-33(43-17)34-45-19(15(3)23-51-29(39-9)30(40-10)52-23)20(46-34)16(4)24-53-31(41-11)32(42-12)54-24/h1-12H3. The lowest BCUT2D eigenvalue weighted by molar-refractivity contribution is 1.45. The van der Waals surface area contributed by atoms with Crippen LogP contribution in [-0.4, -0.2) is 50.0 Å². The topological polar surface area (TPSA) is 0 Å². The SMILES string of the molecule is CSC1=C(SC)SC(=C(C)C2=C(C(C)=C3SC(SC)=C(SC)S3)SC(=C3SC(C(C)=C4SC(SC)=C(SC)S4)=C(C(C)=C4SC(SC)=C(SC)S4)S3)S2)S1. The Morgan fingerprint density at radius 2 is 0.407 bits per heavy atom. The monoisotopic (exact) mass is 1080 g/mol. The lowest BCUT2D eigenvalue weighted by Crippen LogP contribution is -1.88. The van der Waals surface area contributed by atoms with Crippen molar-refractivity contribution in [1.29, 1.82) is 0 Å². The third kappa shape index (κ3) is 10.4. The zero-order chi connectivity index (χ0) is 38.8. The van der Waals surface area contributed by atoms with E-state index in [1.165, 1.54) is 101 Å². The Balaban J connectivity index is 1.42. The van der Waals surface area contributed by atoms with Crippen molar-refractivity contribution in [1.82, 2.24) is 0 Å². The van der Waals surface area contributed by atoms with Crippen molar-refractivity contribution in [2.75, 3.05) is 50.0 Å². The smallest absolute Gasteiger partial charge is 0.0706 e. The van der Waals surface area contributed by atoms with Crippen LogP contribution in [0.5, 0.6) is 0 Å². The molecule has 6 rings (SSSR count). The van der Waals surface area contributed by atoms with Crippen LogP contribution < -0.4 is 0 Å². The Morgan fingerprint density at radius 1 is 0.259 bits per heavy atom. The molecule has 0 aromatic heterocycles. The molecule has 0 saturated carbocycles. The van der Waals surface area contributed by atoms with E-state index in [2.05, 4.69) is 77.7 Å². The van der Waals surface area contributed by atoms with E-state index in [1.54, 1.807) is 0 Å². The minimum atomic E-state index is 1.41. The van der Waals surface area contributed by atoms with Crippen molar-refractivity contribution >= 4 is 235 Å². The molecule has 0 bridgehead atoms. The van der Waals surface area contributed by atoms with Crippen LogP contribution in [0.15, 0.2) is 101 Å². The molecule has 6 aliphatic heterocycles. The van der Waals surface area contributed by atoms with E-state index in [0.29, 0.717) is 0 Å². The summed E-state index contributed by atoms with van der Waals surface area (Å²) in [5, 5.41) is 0. The van der Waals surface area contributed by atoms with E-state index >= 15 is 0 Å².